The van der Waals surface area contributed by atoms with Gasteiger partial charge in [-0.1, -0.05) is 155 Å². The van der Waals surface area contributed by atoms with Gasteiger partial charge in [0.2, 0.25) is 0 Å². The number of nitrogens with zero attached hydrogens (tertiary/aromatic N) is 2. The highest BCUT2D eigenvalue weighted by atomic mass is 28.3. The Morgan fingerprint density at radius 1 is 0.473 bits per heavy atom. The van der Waals surface area contributed by atoms with Gasteiger partial charge in [0.05, 0.1) is 19.4 Å². The molecule has 0 unspecified atom stereocenters. The van der Waals surface area contributed by atoms with E-state index >= 15 is 0 Å². The molecule has 9 rings (SSSR count). The van der Waals surface area contributed by atoms with Crippen LogP contribution in [0.4, 0.5) is 34.1 Å². The van der Waals surface area contributed by atoms with Crippen molar-refractivity contribution in [3.05, 3.63) is 187 Å². The molecule has 270 valence electrons. The maximum absolute atomic E-state index is 2.49. The Labute approximate surface area is 327 Å². The molecule has 0 radical (unpaired) electrons. The van der Waals surface area contributed by atoms with E-state index in [4.69, 9.17) is 0 Å². The summed E-state index contributed by atoms with van der Waals surface area (Å²) in [5.74, 6) is 0. The third kappa shape index (κ3) is 5.95. The van der Waals surface area contributed by atoms with Gasteiger partial charge in [0.15, 0.2) is 0 Å². The first-order valence-electron chi connectivity index (χ1n) is 19.7. The van der Waals surface area contributed by atoms with Crippen LogP contribution < -0.4 is 15.0 Å². The van der Waals surface area contributed by atoms with Crippen LogP contribution in [0.15, 0.2) is 170 Å². The molecule has 0 fully saturated rings. The lowest BCUT2D eigenvalue weighted by molar-refractivity contribution is 0.661. The second-order valence-corrected chi connectivity index (χ2v) is 21.6. The van der Waals surface area contributed by atoms with E-state index in [9.17, 15) is 0 Å². The van der Waals surface area contributed by atoms with Crippen LogP contribution in [0.3, 0.4) is 0 Å². The molecule has 0 spiro atoms. The van der Waals surface area contributed by atoms with E-state index < -0.39 is 8.07 Å². The molecule has 0 bridgehead atoms. The number of fused-ring (bicyclic) bond motifs is 6. The molecule has 2 nitrogen and oxygen atoms in total. The van der Waals surface area contributed by atoms with Gasteiger partial charge in [0.25, 0.3) is 0 Å². The van der Waals surface area contributed by atoms with Crippen molar-refractivity contribution < 1.29 is 0 Å². The summed E-state index contributed by atoms with van der Waals surface area (Å²) >= 11 is 0. The Morgan fingerprint density at radius 2 is 1.04 bits per heavy atom. The number of rotatable bonds is 8. The van der Waals surface area contributed by atoms with Crippen molar-refractivity contribution in [2.75, 3.05) is 9.80 Å². The first-order valence-corrected chi connectivity index (χ1v) is 23.2. The third-order valence-electron chi connectivity index (χ3n) is 11.8. The van der Waals surface area contributed by atoms with E-state index in [1.807, 2.05) is 0 Å². The van der Waals surface area contributed by atoms with Crippen LogP contribution in [0.25, 0.3) is 32.7 Å². The molecule has 0 heterocycles. The minimum atomic E-state index is -1.46. The Bertz CT molecular complexity index is 2680. The van der Waals surface area contributed by atoms with Crippen molar-refractivity contribution in [3.63, 3.8) is 0 Å². The lowest BCUT2D eigenvalue weighted by atomic mass is 9.81. The van der Waals surface area contributed by atoms with Crippen LogP contribution in [0, 0.1) is 0 Å². The Kier molecular flexibility index (Phi) is 8.51. The molecule has 0 saturated heterocycles. The molecule has 0 N–H and O–H groups in total. The standard InChI is InChI=1S/C52H48N2Si/c1-7-36-24-26-39(27-25-36)54(49-23-15-17-37-16-11-12-20-43(37)49)41-30-33-46-47(34-41)52(2,3)48-35-50(44-21-13-14-22-45(44)51(46)48)53(38-18-9-8-10-19-38)40-28-31-42(32-29-40)55(4,5)6/h8-35H,7H2,1-6H3. The lowest BCUT2D eigenvalue weighted by Gasteiger charge is -2.30. The monoisotopic (exact) mass is 728 g/mol. The molecular formula is C52H48N2Si. The van der Waals surface area contributed by atoms with Crippen LogP contribution in [-0.2, 0) is 11.8 Å². The molecule has 1 aliphatic carbocycles. The average Bonchev–Trinajstić information content (AvgIpc) is 3.44. The van der Waals surface area contributed by atoms with Gasteiger partial charge in [-0.15, -0.1) is 0 Å². The topological polar surface area (TPSA) is 6.48 Å². The van der Waals surface area contributed by atoms with Crippen LogP contribution in [-0.4, -0.2) is 8.07 Å². The Morgan fingerprint density at radius 3 is 1.73 bits per heavy atom. The molecule has 0 amide bonds. The number of hydrogen-bond acceptors (Lipinski definition) is 2. The summed E-state index contributed by atoms with van der Waals surface area (Å²) in [6, 6.07) is 63.4. The highest BCUT2D eigenvalue weighted by Crippen LogP contribution is 2.56. The molecule has 0 aliphatic heterocycles. The average molecular weight is 729 g/mol. The minimum absolute atomic E-state index is 0.250. The van der Waals surface area contributed by atoms with Crippen LogP contribution >= 0.6 is 0 Å². The van der Waals surface area contributed by atoms with Gasteiger partial charge < -0.3 is 9.80 Å². The van der Waals surface area contributed by atoms with Crippen molar-refractivity contribution in [2.45, 2.75) is 52.2 Å². The van der Waals surface area contributed by atoms with Gasteiger partial charge in [-0.2, -0.15) is 0 Å². The van der Waals surface area contributed by atoms with Crippen molar-refractivity contribution >= 4 is 68.9 Å². The zero-order valence-corrected chi connectivity index (χ0v) is 33.8. The molecular weight excluding hydrogens is 681 g/mol. The molecule has 8 aromatic carbocycles. The predicted octanol–water partition coefficient (Wildman–Crippen LogP) is 14.3. The highest BCUT2D eigenvalue weighted by Gasteiger charge is 2.38. The van der Waals surface area contributed by atoms with Gasteiger partial charge in [0.1, 0.15) is 0 Å². The van der Waals surface area contributed by atoms with Gasteiger partial charge in [-0.05, 0) is 106 Å². The van der Waals surface area contributed by atoms with Gasteiger partial charge in [0, 0.05) is 38.9 Å². The predicted molar refractivity (Wildman–Crippen MR) is 241 cm³/mol. The Hall–Kier alpha value is -5.90. The maximum Gasteiger partial charge on any atom is 0.0775 e. The summed E-state index contributed by atoms with van der Waals surface area (Å²) in [4.78, 5) is 4.91. The highest BCUT2D eigenvalue weighted by molar-refractivity contribution is 6.88. The van der Waals surface area contributed by atoms with Gasteiger partial charge in [-0.25, -0.2) is 0 Å². The van der Waals surface area contributed by atoms with Gasteiger partial charge >= 0.3 is 0 Å². The fourth-order valence-electron chi connectivity index (χ4n) is 8.70. The van der Waals surface area contributed by atoms with E-state index in [1.165, 1.54) is 71.6 Å². The second-order valence-electron chi connectivity index (χ2n) is 16.5. The summed E-state index contributed by atoms with van der Waals surface area (Å²) in [6.07, 6.45) is 1.02. The smallest absolute Gasteiger partial charge is 0.0775 e. The molecule has 0 aromatic heterocycles. The van der Waals surface area contributed by atoms with Crippen molar-refractivity contribution in [1.29, 1.82) is 0 Å². The Balaban J connectivity index is 1.24. The fourth-order valence-corrected chi connectivity index (χ4v) is 9.87. The quantitative estimate of drug-likeness (QED) is 0.144. The first kappa shape index (κ1) is 34.8. The number of hydrogen-bond donors (Lipinski definition) is 0. The second kappa shape index (κ2) is 13.4. The third-order valence-corrected chi connectivity index (χ3v) is 13.8. The summed E-state index contributed by atoms with van der Waals surface area (Å²) in [5, 5.41) is 6.48. The van der Waals surface area contributed by atoms with Crippen molar-refractivity contribution in [3.8, 4) is 11.1 Å². The number of anilines is 6. The largest absolute Gasteiger partial charge is 0.310 e. The number of benzene rings is 8. The number of aryl methyl sites for hydroxylation is 1. The van der Waals surface area contributed by atoms with E-state index in [0.717, 1.165) is 23.5 Å². The molecule has 1 aliphatic rings. The van der Waals surface area contributed by atoms with E-state index in [-0.39, 0.29) is 5.41 Å². The van der Waals surface area contributed by atoms with E-state index in [0.29, 0.717) is 0 Å². The van der Waals surface area contributed by atoms with E-state index in [1.54, 1.807) is 0 Å². The number of para-hydroxylation sites is 1. The van der Waals surface area contributed by atoms with Crippen molar-refractivity contribution in [2.24, 2.45) is 0 Å². The zero-order chi connectivity index (χ0) is 37.9. The van der Waals surface area contributed by atoms with Gasteiger partial charge in [-0.3, -0.25) is 0 Å². The molecule has 0 atom stereocenters. The maximum atomic E-state index is 2.49. The normalized spacial score (nSPS) is 13.1. The van der Waals surface area contributed by atoms with Crippen LogP contribution in [0.5, 0.6) is 0 Å². The molecule has 55 heavy (non-hydrogen) atoms. The molecule has 8 aromatic rings. The molecule has 0 saturated carbocycles. The van der Waals surface area contributed by atoms with Crippen LogP contribution in [0.1, 0.15) is 37.5 Å². The summed E-state index contributed by atoms with van der Waals surface area (Å²) < 4.78 is 0. The summed E-state index contributed by atoms with van der Waals surface area (Å²) in [6.45, 7) is 14.3. The SMILES string of the molecule is CCc1ccc(N(c2ccc3c(c2)C(C)(C)c2cc(N(c4ccccc4)c4ccc([Si](C)(C)C)cc4)c4ccccc4c2-3)c2cccc3ccccc23)cc1. The lowest BCUT2D eigenvalue weighted by Crippen LogP contribution is -2.37. The summed E-state index contributed by atoms with van der Waals surface area (Å²) in [5.41, 5.74) is 13.5. The minimum Gasteiger partial charge on any atom is -0.310 e. The van der Waals surface area contributed by atoms with Crippen molar-refractivity contribution in [1.82, 2.24) is 0 Å². The molecule has 3 heteroatoms. The fraction of sp³-hybridized carbons (Fsp3) is 0.154. The zero-order valence-electron chi connectivity index (χ0n) is 32.8. The summed E-state index contributed by atoms with van der Waals surface area (Å²) in [7, 11) is -1.46. The first-order chi connectivity index (χ1) is 26.6. The van der Waals surface area contributed by atoms with E-state index in [2.05, 4.69) is 220 Å². The van der Waals surface area contributed by atoms with Crippen LogP contribution in [0.2, 0.25) is 19.6 Å².